The number of aliphatic imine (C=N–C) groups is 1. The van der Waals surface area contributed by atoms with Gasteiger partial charge < -0.3 is 4.74 Å². The molecule has 22 heavy (non-hydrogen) atoms. The van der Waals surface area contributed by atoms with Crippen LogP contribution >= 0.6 is 0 Å². The van der Waals surface area contributed by atoms with Crippen molar-refractivity contribution >= 4 is 23.4 Å². The number of alkyl carbamates (subject to hydrolysis) is 1. The van der Waals surface area contributed by atoms with Crippen LogP contribution < -0.4 is 5.32 Å². The van der Waals surface area contributed by atoms with Crippen LogP contribution in [0.15, 0.2) is 53.5 Å². The number of fused-ring (bicyclic) bond motifs is 1. The van der Waals surface area contributed by atoms with E-state index >= 15 is 0 Å². The number of ketones is 1. The number of carbonyl (C=O) groups excluding carboxylic acids is 2. The van der Waals surface area contributed by atoms with Crippen molar-refractivity contribution < 1.29 is 14.3 Å². The van der Waals surface area contributed by atoms with Gasteiger partial charge in [-0.3, -0.25) is 10.1 Å². The number of hydrogen-bond donors (Lipinski definition) is 1. The van der Waals surface area contributed by atoms with Crippen molar-refractivity contribution in [1.29, 1.82) is 0 Å². The fourth-order valence-corrected chi connectivity index (χ4v) is 2.34. The molecule has 0 aromatic heterocycles. The molecule has 5 heteroatoms. The zero-order chi connectivity index (χ0) is 15.5. The lowest BCUT2D eigenvalue weighted by atomic mass is 10.00. The molecule has 1 amide bonds. The number of rotatable bonds is 2. The second-order valence-electron chi connectivity index (χ2n) is 4.89. The lowest BCUT2D eigenvalue weighted by Crippen LogP contribution is -2.30. The van der Waals surface area contributed by atoms with Crippen LogP contribution in [0.4, 0.5) is 10.5 Å². The van der Waals surface area contributed by atoms with Gasteiger partial charge in [0.05, 0.1) is 12.8 Å². The highest BCUT2D eigenvalue weighted by molar-refractivity contribution is 6.10. The number of hydrogen-bond acceptors (Lipinski definition) is 4. The van der Waals surface area contributed by atoms with E-state index in [1.165, 1.54) is 7.11 Å². The fraction of sp³-hybridized carbons (Fsp3) is 0.118. The molecule has 0 fully saturated rings. The SMILES string of the molecule is COC(=O)NC1=Nc2ccc(C(=O)c3ccccc3)cc2C1. The van der Waals surface area contributed by atoms with Gasteiger partial charge in [-0.05, 0) is 23.8 Å². The number of nitrogens with zero attached hydrogens (tertiary/aromatic N) is 1. The highest BCUT2D eigenvalue weighted by Crippen LogP contribution is 2.27. The van der Waals surface area contributed by atoms with Crippen LogP contribution in [0.1, 0.15) is 21.5 Å². The minimum absolute atomic E-state index is 0.0298. The molecule has 0 unspecified atom stereocenters. The minimum atomic E-state index is -0.549. The first kappa shape index (κ1) is 14.0. The first-order chi connectivity index (χ1) is 10.7. The Morgan fingerprint density at radius 1 is 1.09 bits per heavy atom. The average Bonchev–Trinajstić information content (AvgIpc) is 2.96. The second-order valence-corrected chi connectivity index (χ2v) is 4.89. The molecular formula is C17H14N2O3. The Morgan fingerprint density at radius 2 is 1.86 bits per heavy atom. The monoisotopic (exact) mass is 294 g/mol. The van der Waals surface area contributed by atoms with E-state index in [9.17, 15) is 9.59 Å². The second kappa shape index (κ2) is 5.81. The molecule has 1 aliphatic rings. The number of carbonyl (C=O) groups is 2. The maximum Gasteiger partial charge on any atom is 0.412 e. The van der Waals surface area contributed by atoms with Gasteiger partial charge in [-0.1, -0.05) is 30.3 Å². The molecule has 110 valence electrons. The third-order valence-corrected chi connectivity index (χ3v) is 3.42. The summed E-state index contributed by atoms with van der Waals surface area (Å²) in [5, 5.41) is 2.56. The molecule has 2 aromatic carbocycles. The molecule has 2 aromatic rings. The van der Waals surface area contributed by atoms with Gasteiger partial charge in [-0.25, -0.2) is 9.79 Å². The van der Waals surface area contributed by atoms with Gasteiger partial charge >= 0.3 is 6.09 Å². The summed E-state index contributed by atoms with van der Waals surface area (Å²) in [5.41, 5.74) is 2.93. The summed E-state index contributed by atoms with van der Waals surface area (Å²) in [6.45, 7) is 0. The molecule has 0 spiro atoms. The number of nitrogens with one attached hydrogen (secondary N) is 1. The summed E-state index contributed by atoms with van der Waals surface area (Å²) >= 11 is 0. The Morgan fingerprint density at radius 3 is 2.59 bits per heavy atom. The summed E-state index contributed by atoms with van der Waals surface area (Å²) < 4.78 is 4.55. The van der Waals surface area contributed by atoms with Crippen LogP contribution in [0.3, 0.4) is 0 Å². The van der Waals surface area contributed by atoms with Crippen molar-refractivity contribution in [1.82, 2.24) is 5.32 Å². The van der Waals surface area contributed by atoms with Gasteiger partial charge in [0.15, 0.2) is 5.78 Å². The Kier molecular flexibility index (Phi) is 3.70. The molecule has 0 radical (unpaired) electrons. The van der Waals surface area contributed by atoms with E-state index in [1.54, 1.807) is 24.3 Å². The predicted molar refractivity (Wildman–Crippen MR) is 82.7 cm³/mol. The molecule has 1 N–H and O–H groups in total. The maximum atomic E-state index is 12.4. The molecular weight excluding hydrogens is 280 g/mol. The lowest BCUT2D eigenvalue weighted by molar-refractivity contribution is 0.103. The van der Waals surface area contributed by atoms with Crippen LogP contribution in [0.25, 0.3) is 0 Å². The Bertz CT molecular complexity index is 767. The van der Waals surface area contributed by atoms with E-state index < -0.39 is 6.09 Å². The van der Waals surface area contributed by atoms with Crippen LogP contribution in [0.5, 0.6) is 0 Å². The van der Waals surface area contributed by atoms with E-state index in [1.807, 2.05) is 24.3 Å². The maximum absolute atomic E-state index is 12.4. The predicted octanol–water partition coefficient (Wildman–Crippen LogP) is 2.86. The van der Waals surface area contributed by atoms with E-state index in [-0.39, 0.29) is 5.78 Å². The molecule has 0 saturated carbocycles. The summed E-state index contributed by atoms with van der Waals surface area (Å²) in [6, 6.07) is 14.5. The molecule has 3 rings (SSSR count). The van der Waals surface area contributed by atoms with Crippen molar-refractivity contribution in [2.45, 2.75) is 6.42 Å². The lowest BCUT2D eigenvalue weighted by Gasteiger charge is -2.04. The van der Waals surface area contributed by atoms with Crippen molar-refractivity contribution in [3.63, 3.8) is 0 Å². The van der Waals surface area contributed by atoms with Gasteiger partial charge in [0.2, 0.25) is 0 Å². The van der Waals surface area contributed by atoms with Crippen molar-refractivity contribution in [3.8, 4) is 0 Å². The van der Waals surface area contributed by atoms with Crippen LogP contribution in [-0.4, -0.2) is 24.8 Å². The molecule has 1 heterocycles. The van der Waals surface area contributed by atoms with E-state index in [2.05, 4.69) is 15.0 Å². The summed E-state index contributed by atoms with van der Waals surface area (Å²) in [5.74, 6) is 0.490. The molecule has 1 aliphatic heterocycles. The van der Waals surface area contributed by atoms with E-state index in [4.69, 9.17) is 0 Å². The fourth-order valence-electron chi connectivity index (χ4n) is 2.34. The number of methoxy groups -OCH3 is 1. The molecule has 0 saturated heterocycles. The minimum Gasteiger partial charge on any atom is -0.453 e. The first-order valence-electron chi connectivity index (χ1n) is 6.82. The Hall–Kier alpha value is -2.95. The van der Waals surface area contributed by atoms with Crippen LogP contribution in [0.2, 0.25) is 0 Å². The number of amidine groups is 1. The highest BCUT2D eigenvalue weighted by atomic mass is 16.5. The zero-order valence-electron chi connectivity index (χ0n) is 12.0. The normalized spacial score (nSPS) is 12.3. The summed E-state index contributed by atoms with van der Waals surface area (Å²) in [7, 11) is 1.30. The zero-order valence-corrected chi connectivity index (χ0v) is 12.0. The van der Waals surface area contributed by atoms with Gasteiger partial charge in [0.1, 0.15) is 5.84 Å². The first-order valence-corrected chi connectivity index (χ1v) is 6.82. The van der Waals surface area contributed by atoms with Gasteiger partial charge in [-0.2, -0.15) is 0 Å². The molecule has 0 atom stereocenters. The van der Waals surface area contributed by atoms with Crippen molar-refractivity contribution in [2.75, 3.05) is 7.11 Å². The summed E-state index contributed by atoms with van der Waals surface area (Å²) in [6.07, 6.45) is -0.0764. The largest absolute Gasteiger partial charge is 0.453 e. The number of amides is 1. The standard InChI is InChI=1S/C17H14N2O3/c1-22-17(21)19-15-10-13-9-12(7-8-14(13)18-15)16(20)11-5-3-2-4-6-11/h2-9H,10H2,1H3,(H,18,19,21). The number of benzene rings is 2. The van der Waals surface area contributed by atoms with Crippen molar-refractivity contribution in [2.24, 2.45) is 4.99 Å². The third kappa shape index (κ3) is 2.74. The Labute approximate surface area is 127 Å². The summed E-state index contributed by atoms with van der Waals surface area (Å²) in [4.78, 5) is 27.9. The third-order valence-electron chi connectivity index (χ3n) is 3.42. The molecule has 5 nitrogen and oxygen atoms in total. The Balaban J connectivity index is 1.81. The highest BCUT2D eigenvalue weighted by Gasteiger charge is 2.19. The van der Waals surface area contributed by atoms with E-state index in [0.717, 1.165) is 11.3 Å². The van der Waals surface area contributed by atoms with Crippen LogP contribution in [0, 0.1) is 0 Å². The molecule has 0 aliphatic carbocycles. The van der Waals surface area contributed by atoms with Crippen molar-refractivity contribution in [3.05, 3.63) is 65.2 Å². The molecule has 0 bridgehead atoms. The topological polar surface area (TPSA) is 67.8 Å². The average molecular weight is 294 g/mol. The van der Waals surface area contributed by atoms with Gasteiger partial charge in [0, 0.05) is 17.5 Å². The smallest absolute Gasteiger partial charge is 0.412 e. The van der Waals surface area contributed by atoms with Gasteiger partial charge in [0.25, 0.3) is 0 Å². The van der Waals surface area contributed by atoms with Crippen LogP contribution in [-0.2, 0) is 11.2 Å². The van der Waals surface area contributed by atoms with Gasteiger partial charge in [-0.15, -0.1) is 0 Å². The number of ether oxygens (including phenoxy) is 1. The quantitative estimate of drug-likeness (QED) is 0.866. The van der Waals surface area contributed by atoms with E-state index in [0.29, 0.717) is 23.4 Å².